The molecule has 0 aliphatic heterocycles. The molecular formula is C19H21Cl2N5O3. The van der Waals surface area contributed by atoms with Crippen LogP contribution in [0.1, 0.15) is 20.3 Å². The quantitative estimate of drug-likeness (QED) is 0.382. The largest absolute Gasteiger partial charge is 0.493 e. The fraction of sp³-hybridized carbons (Fsp3) is 0.368. The summed E-state index contributed by atoms with van der Waals surface area (Å²) in [6, 6.07) is 3.63. The van der Waals surface area contributed by atoms with Crippen LogP contribution in [0.4, 0.5) is 11.6 Å². The average molecular weight is 438 g/mol. The first-order chi connectivity index (χ1) is 14.0. The summed E-state index contributed by atoms with van der Waals surface area (Å²) in [5.41, 5.74) is 0.647. The minimum Gasteiger partial charge on any atom is -0.493 e. The maximum Gasteiger partial charge on any atom is 0.234 e. The maximum atomic E-state index is 6.18. The molecule has 3 rings (SSSR count). The van der Waals surface area contributed by atoms with Crippen LogP contribution in [0.2, 0.25) is 5.15 Å². The standard InChI is InChI=1S/C19H21Cl2N5O3/c1-11(2)29-14-8-12(28-6-4-5-20)7-13-16(14)18(24-10-23-13)26-19-17(21)22-9-15(25-19)27-3/h7-11H,4-6H2,1-3H3,(H,23,24,25,26). The molecular weight excluding hydrogens is 417 g/mol. The van der Waals surface area contributed by atoms with Crippen molar-refractivity contribution in [3.63, 3.8) is 0 Å². The lowest BCUT2D eigenvalue weighted by Crippen LogP contribution is -2.08. The molecule has 10 heteroatoms. The summed E-state index contributed by atoms with van der Waals surface area (Å²) in [5, 5.41) is 3.96. The predicted molar refractivity (Wildman–Crippen MR) is 113 cm³/mol. The molecule has 0 radical (unpaired) electrons. The molecule has 1 N–H and O–H groups in total. The van der Waals surface area contributed by atoms with Crippen molar-refractivity contribution < 1.29 is 14.2 Å². The number of alkyl halides is 1. The third-order valence-electron chi connectivity index (χ3n) is 3.74. The van der Waals surface area contributed by atoms with E-state index in [9.17, 15) is 0 Å². The molecule has 29 heavy (non-hydrogen) atoms. The van der Waals surface area contributed by atoms with Gasteiger partial charge in [0.05, 0.1) is 36.9 Å². The normalized spacial score (nSPS) is 11.0. The van der Waals surface area contributed by atoms with E-state index < -0.39 is 0 Å². The van der Waals surface area contributed by atoms with Crippen LogP contribution in [0.25, 0.3) is 10.9 Å². The van der Waals surface area contributed by atoms with E-state index in [-0.39, 0.29) is 11.3 Å². The van der Waals surface area contributed by atoms with Crippen molar-refractivity contribution in [1.82, 2.24) is 19.9 Å². The summed E-state index contributed by atoms with van der Waals surface area (Å²) in [6.07, 6.45) is 3.55. The fourth-order valence-electron chi connectivity index (χ4n) is 2.55. The summed E-state index contributed by atoms with van der Waals surface area (Å²) in [4.78, 5) is 17.1. The van der Waals surface area contributed by atoms with Gasteiger partial charge in [-0.3, -0.25) is 0 Å². The van der Waals surface area contributed by atoms with Crippen molar-refractivity contribution >= 4 is 45.7 Å². The second-order valence-corrected chi connectivity index (χ2v) is 7.01. The number of halogens is 2. The van der Waals surface area contributed by atoms with Gasteiger partial charge in [0.2, 0.25) is 5.88 Å². The number of anilines is 2. The predicted octanol–water partition coefficient (Wildman–Crippen LogP) is 4.62. The van der Waals surface area contributed by atoms with Crippen LogP contribution in [0.3, 0.4) is 0 Å². The zero-order chi connectivity index (χ0) is 20.8. The Kier molecular flexibility index (Phi) is 7.11. The van der Waals surface area contributed by atoms with Gasteiger partial charge in [-0.2, -0.15) is 4.98 Å². The molecule has 2 aromatic heterocycles. The van der Waals surface area contributed by atoms with E-state index in [4.69, 9.17) is 37.4 Å². The summed E-state index contributed by atoms with van der Waals surface area (Å²) in [6.45, 7) is 4.38. The van der Waals surface area contributed by atoms with Crippen molar-refractivity contribution in [3.8, 4) is 17.4 Å². The van der Waals surface area contributed by atoms with Gasteiger partial charge in [-0.25, -0.2) is 15.0 Å². The monoisotopic (exact) mass is 437 g/mol. The zero-order valence-electron chi connectivity index (χ0n) is 16.3. The summed E-state index contributed by atoms with van der Waals surface area (Å²) < 4.78 is 16.9. The van der Waals surface area contributed by atoms with Crippen LogP contribution in [-0.2, 0) is 0 Å². The SMILES string of the molecule is COc1cnc(Cl)c(Nc2ncnc3cc(OCCCCl)cc(OC(C)C)c23)n1. The maximum absolute atomic E-state index is 6.18. The first-order valence-electron chi connectivity index (χ1n) is 8.99. The highest BCUT2D eigenvalue weighted by Gasteiger charge is 2.16. The molecule has 0 saturated carbocycles. The summed E-state index contributed by atoms with van der Waals surface area (Å²) in [7, 11) is 1.50. The van der Waals surface area contributed by atoms with Gasteiger partial charge in [0, 0.05) is 18.0 Å². The Bertz CT molecular complexity index is 987. The molecule has 0 aliphatic rings. The van der Waals surface area contributed by atoms with Gasteiger partial charge < -0.3 is 19.5 Å². The van der Waals surface area contributed by atoms with Crippen LogP contribution in [0, 0.1) is 0 Å². The number of methoxy groups -OCH3 is 1. The first-order valence-corrected chi connectivity index (χ1v) is 9.90. The van der Waals surface area contributed by atoms with Crippen molar-refractivity contribution in [1.29, 1.82) is 0 Å². The van der Waals surface area contributed by atoms with Gasteiger partial charge in [-0.05, 0) is 20.3 Å². The van der Waals surface area contributed by atoms with Crippen LogP contribution in [0.5, 0.6) is 17.4 Å². The molecule has 0 bridgehead atoms. The fourth-order valence-corrected chi connectivity index (χ4v) is 2.79. The van der Waals surface area contributed by atoms with Crippen LogP contribution >= 0.6 is 23.2 Å². The van der Waals surface area contributed by atoms with Crippen LogP contribution in [-0.4, -0.2) is 45.6 Å². The second kappa shape index (κ2) is 9.76. The molecule has 0 unspecified atom stereocenters. The second-order valence-electron chi connectivity index (χ2n) is 6.27. The number of hydrogen-bond acceptors (Lipinski definition) is 8. The minimum absolute atomic E-state index is 0.0652. The van der Waals surface area contributed by atoms with E-state index in [1.165, 1.54) is 19.6 Å². The summed E-state index contributed by atoms with van der Waals surface area (Å²) in [5.74, 6) is 2.85. The molecule has 0 fully saturated rings. The number of rotatable bonds is 9. The molecule has 2 heterocycles. The number of nitrogens with one attached hydrogen (secondary N) is 1. The third kappa shape index (κ3) is 5.27. The van der Waals surface area contributed by atoms with Crippen molar-refractivity contribution in [3.05, 3.63) is 29.8 Å². The summed E-state index contributed by atoms with van der Waals surface area (Å²) >= 11 is 11.9. The molecule has 0 atom stereocenters. The Morgan fingerprint density at radius 1 is 1.14 bits per heavy atom. The number of benzene rings is 1. The van der Waals surface area contributed by atoms with Crippen molar-refractivity contribution in [2.24, 2.45) is 0 Å². The molecule has 0 saturated heterocycles. The number of ether oxygens (including phenoxy) is 3. The molecule has 8 nitrogen and oxygen atoms in total. The van der Waals surface area contributed by atoms with Gasteiger partial charge >= 0.3 is 0 Å². The number of hydrogen-bond donors (Lipinski definition) is 1. The van der Waals surface area contributed by atoms with E-state index >= 15 is 0 Å². The third-order valence-corrected chi connectivity index (χ3v) is 4.28. The Morgan fingerprint density at radius 3 is 2.69 bits per heavy atom. The Labute approximate surface area is 178 Å². The van der Waals surface area contributed by atoms with Gasteiger partial charge in [-0.1, -0.05) is 11.6 Å². The highest BCUT2D eigenvalue weighted by Crippen LogP contribution is 2.36. The average Bonchev–Trinajstić information content (AvgIpc) is 2.69. The van der Waals surface area contributed by atoms with Gasteiger partial charge in [0.25, 0.3) is 0 Å². The molecule has 0 amide bonds. The van der Waals surface area contributed by atoms with Gasteiger partial charge in [0.1, 0.15) is 23.6 Å². The minimum atomic E-state index is -0.0652. The smallest absolute Gasteiger partial charge is 0.234 e. The Balaban J connectivity index is 2.05. The number of nitrogens with zero attached hydrogens (tertiary/aromatic N) is 4. The number of fused-ring (bicyclic) bond motifs is 1. The topological polar surface area (TPSA) is 91.3 Å². The molecule has 154 valence electrons. The lowest BCUT2D eigenvalue weighted by Gasteiger charge is -2.17. The van der Waals surface area contributed by atoms with Crippen LogP contribution in [0.15, 0.2) is 24.7 Å². The van der Waals surface area contributed by atoms with E-state index in [0.29, 0.717) is 52.4 Å². The van der Waals surface area contributed by atoms with Gasteiger partial charge in [0.15, 0.2) is 11.0 Å². The van der Waals surface area contributed by atoms with Gasteiger partial charge in [-0.15, -0.1) is 11.6 Å². The Morgan fingerprint density at radius 2 is 1.97 bits per heavy atom. The zero-order valence-corrected chi connectivity index (χ0v) is 17.8. The van der Waals surface area contributed by atoms with E-state index in [2.05, 4.69) is 25.3 Å². The Hall–Kier alpha value is -2.58. The van der Waals surface area contributed by atoms with E-state index in [0.717, 1.165) is 6.42 Å². The molecule has 0 aliphatic carbocycles. The van der Waals surface area contributed by atoms with Crippen molar-refractivity contribution in [2.75, 3.05) is 24.9 Å². The van der Waals surface area contributed by atoms with E-state index in [1.54, 1.807) is 0 Å². The molecule has 0 spiro atoms. The van der Waals surface area contributed by atoms with E-state index in [1.807, 2.05) is 26.0 Å². The lowest BCUT2D eigenvalue weighted by atomic mass is 10.2. The molecule has 3 aromatic rings. The van der Waals surface area contributed by atoms with Crippen LogP contribution < -0.4 is 19.5 Å². The lowest BCUT2D eigenvalue weighted by molar-refractivity contribution is 0.243. The first kappa shape index (κ1) is 21.1. The molecule has 1 aromatic carbocycles. The highest BCUT2D eigenvalue weighted by atomic mass is 35.5. The highest BCUT2D eigenvalue weighted by molar-refractivity contribution is 6.31. The van der Waals surface area contributed by atoms with Crippen molar-refractivity contribution in [2.45, 2.75) is 26.4 Å². The number of aromatic nitrogens is 4.